The number of rotatable bonds is 5. The van der Waals surface area contributed by atoms with Crippen molar-refractivity contribution in [2.24, 2.45) is 12.5 Å². The Morgan fingerprint density at radius 1 is 1.35 bits per heavy atom. The van der Waals surface area contributed by atoms with Crippen molar-refractivity contribution in [1.29, 1.82) is 0 Å². The molecule has 2 aromatic rings. The van der Waals surface area contributed by atoms with Gasteiger partial charge in [0.25, 0.3) is 0 Å². The Kier molecular flexibility index (Phi) is 4.41. The number of imidazole rings is 1. The number of hydrogen-bond acceptors (Lipinski definition) is 3. The van der Waals surface area contributed by atoms with Crippen LogP contribution < -0.4 is 0 Å². The molecule has 3 heterocycles. The molecule has 0 unspecified atom stereocenters. The third-order valence-corrected chi connectivity index (χ3v) is 5.99. The lowest BCUT2D eigenvalue weighted by molar-refractivity contribution is -0.135. The van der Waals surface area contributed by atoms with Gasteiger partial charge in [0.2, 0.25) is 5.91 Å². The van der Waals surface area contributed by atoms with E-state index in [2.05, 4.69) is 45.3 Å². The van der Waals surface area contributed by atoms with Crippen LogP contribution in [0.3, 0.4) is 0 Å². The molecular weight excluding hydrogens is 324 g/mol. The third kappa shape index (κ3) is 2.76. The van der Waals surface area contributed by atoms with Gasteiger partial charge in [0, 0.05) is 51.5 Å². The second-order valence-electron chi connectivity index (χ2n) is 7.53. The second kappa shape index (κ2) is 6.72. The van der Waals surface area contributed by atoms with Crippen LogP contribution in [0, 0.1) is 5.41 Å². The molecule has 0 radical (unpaired) electrons. The van der Waals surface area contributed by atoms with E-state index in [1.807, 2.05) is 36.5 Å². The zero-order valence-electron chi connectivity index (χ0n) is 15.3. The van der Waals surface area contributed by atoms with Gasteiger partial charge in [-0.2, -0.15) is 0 Å². The van der Waals surface area contributed by atoms with Gasteiger partial charge in [-0.3, -0.25) is 9.69 Å². The summed E-state index contributed by atoms with van der Waals surface area (Å²) in [6.07, 6.45) is 6.55. The summed E-state index contributed by atoms with van der Waals surface area (Å²) in [4.78, 5) is 22.2. The van der Waals surface area contributed by atoms with Crippen LogP contribution >= 0.6 is 0 Å². The molecule has 0 N–H and O–H groups in total. The van der Waals surface area contributed by atoms with E-state index >= 15 is 0 Å². The topological polar surface area (TPSA) is 41.4 Å². The summed E-state index contributed by atoms with van der Waals surface area (Å²) in [5, 5.41) is 0. The largest absolute Gasteiger partial charge is 0.338 e. The van der Waals surface area contributed by atoms with Gasteiger partial charge in [0.1, 0.15) is 5.82 Å². The molecule has 1 aromatic heterocycles. The molecule has 136 valence electrons. The van der Waals surface area contributed by atoms with E-state index in [0.717, 1.165) is 38.4 Å². The van der Waals surface area contributed by atoms with Crippen molar-refractivity contribution in [3.8, 4) is 0 Å². The third-order valence-electron chi connectivity index (χ3n) is 5.99. The summed E-state index contributed by atoms with van der Waals surface area (Å²) in [5.74, 6) is 1.56. The van der Waals surface area contributed by atoms with Crippen molar-refractivity contribution >= 4 is 5.91 Å². The summed E-state index contributed by atoms with van der Waals surface area (Å²) < 4.78 is 2.06. The summed E-state index contributed by atoms with van der Waals surface area (Å²) in [7, 11) is 2.02. The molecule has 4 rings (SSSR count). The van der Waals surface area contributed by atoms with Gasteiger partial charge in [0.05, 0.1) is 12.0 Å². The van der Waals surface area contributed by atoms with E-state index < -0.39 is 0 Å². The average Bonchev–Trinajstić information content (AvgIpc) is 3.31. The minimum atomic E-state index is -0.324. The Labute approximate surface area is 154 Å². The van der Waals surface area contributed by atoms with E-state index in [0.29, 0.717) is 6.54 Å². The number of nitrogens with zero attached hydrogens (tertiary/aromatic N) is 4. The van der Waals surface area contributed by atoms with Gasteiger partial charge >= 0.3 is 0 Å². The summed E-state index contributed by atoms with van der Waals surface area (Å²) >= 11 is 0. The maximum Gasteiger partial charge on any atom is 0.231 e. The standard InChI is InChI=1S/C21H26N4O/c1-3-11-25-12-9-21(20(25)26)16-24(15-19-22-10-13-23(19)2)14-18(21)17-7-5-4-6-8-17/h3-8,10,13,18H,1,9,11-12,14-16H2,2H3/t18-,21-/m0/s1. The highest BCUT2D eigenvalue weighted by Gasteiger charge is 2.56. The molecular formula is C21H26N4O. The molecule has 0 aliphatic carbocycles. The predicted octanol–water partition coefficient (Wildman–Crippen LogP) is 2.42. The monoisotopic (exact) mass is 350 g/mol. The van der Waals surface area contributed by atoms with Gasteiger partial charge in [0.15, 0.2) is 0 Å². The fourth-order valence-electron chi connectivity index (χ4n) is 4.64. The first-order chi connectivity index (χ1) is 12.6. The molecule has 2 aliphatic heterocycles. The quantitative estimate of drug-likeness (QED) is 0.778. The molecule has 2 aliphatic rings. The van der Waals surface area contributed by atoms with Crippen LogP contribution in [0.4, 0.5) is 0 Å². The van der Waals surface area contributed by atoms with Crippen LogP contribution in [0.1, 0.15) is 23.7 Å². The van der Waals surface area contributed by atoms with Crippen LogP contribution in [-0.4, -0.2) is 51.4 Å². The highest BCUT2D eigenvalue weighted by molar-refractivity contribution is 5.87. The Morgan fingerprint density at radius 3 is 2.85 bits per heavy atom. The number of carbonyl (C=O) groups excluding carboxylic acids is 1. The van der Waals surface area contributed by atoms with Crippen LogP contribution in [0.15, 0.2) is 55.4 Å². The SMILES string of the molecule is C=CCN1CC[C@@]2(CN(Cc3nccn3C)C[C@H]2c2ccccc2)C1=O. The van der Waals surface area contributed by atoms with E-state index in [4.69, 9.17) is 0 Å². The molecule has 1 aromatic carbocycles. The lowest BCUT2D eigenvalue weighted by Crippen LogP contribution is -2.39. The molecule has 5 heteroatoms. The van der Waals surface area contributed by atoms with Gasteiger partial charge in [-0.1, -0.05) is 36.4 Å². The zero-order valence-corrected chi connectivity index (χ0v) is 15.3. The van der Waals surface area contributed by atoms with Crippen LogP contribution in [0.2, 0.25) is 0 Å². The molecule has 2 fully saturated rings. The number of aromatic nitrogens is 2. The maximum absolute atomic E-state index is 13.3. The Bertz CT molecular complexity index is 799. The number of benzene rings is 1. The highest BCUT2D eigenvalue weighted by atomic mass is 16.2. The Hall–Kier alpha value is -2.40. The smallest absolute Gasteiger partial charge is 0.231 e. The fourth-order valence-corrected chi connectivity index (χ4v) is 4.64. The van der Waals surface area contributed by atoms with Crippen LogP contribution in [0.25, 0.3) is 0 Å². The van der Waals surface area contributed by atoms with Crippen molar-refractivity contribution in [2.75, 3.05) is 26.2 Å². The molecule has 5 nitrogen and oxygen atoms in total. The highest BCUT2D eigenvalue weighted by Crippen LogP contribution is 2.50. The molecule has 26 heavy (non-hydrogen) atoms. The minimum absolute atomic E-state index is 0.228. The lowest BCUT2D eigenvalue weighted by Gasteiger charge is -2.29. The fraction of sp³-hybridized carbons (Fsp3) is 0.429. The summed E-state index contributed by atoms with van der Waals surface area (Å²) in [5.41, 5.74) is 0.943. The zero-order chi connectivity index (χ0) is 18.1. The number of likely N-dealkylation sites (tertiary alicyclic amines) is 2. The Morgan fingerprint density at radius 2 is 2.15 bits per heavy atom. The average molecular weight is 350 g/mol. The number of hydrogen-bond donors (Lipinski definition) is 0. The minimum Gasteiger partial charge on any atom is -0.338 e. The van der Waals surface area contributed by atoms with Crippen LogP contribution in [0.5, 0.6) is 0 Å². The van der Waals surface area contributed by atoms with Crippen molar-refractivity contribution in [3.63, 3.8) is 0 Å². The lowest BCUT2D eigenvalue weighted by atomic mass is 9.73. The van der Waals surface area contributed by atoms with Crippen molar-refractivity contribution in [1.82, 2.24) is 19.4 Å². The maximum atomic E-state index is 13.3. The molecule has 0 bridgehead atoms. The van der Waals surface area contributed by atoms with E-state index in [9.17, 15) is 4.79 Å². The van der Waals surface area contributed by atoms with Gasteiger partial charge in [-0.15, -0.1) is 6.58 Å². The number of carbonyl (C=O) groups is 1. The first-order valence-electron chi connectivity index (χ1n) is 9.28. The van der Waals surface area contributed by atoms with Crippen molar-refractivity contribution in [3.05, 3.63) is 66.8 Å². The summed E-state index contributed by atoms with van der Waals surface area (Å²) in [6.45, 7) is 7.75. The first kappa shape index (κ1) is 17.0. The number of aryl methyl sites for hydroxylation is 1. The van der Waals surface area contributed by atoms with E-state index in [-0.39, 0.29) is 17.2 Å². The van der Waals surface area contributed by atoms with E-state index in [1.165, 1.54) is 5.56 Å². The van der Waals surface area contributed by atoms with Crippen LogP contribution in [-0.2, 0) is 18.4 Å². The predicted molar refractivity (Wildman–Crippen MR) is 101 cm³/mol. The van der Waals surface area contributed by atoms with Crippen molar-refractivity contribution in [2.45, 2.75) is 18.9 Å². The number of amides is 1. The van der Waals surface area contributed by atoms with Crippen molar-refractivity contribution < 1.29 is 4.79 Å². The molecule has 1 amide bonds. The Balaban J connectivity index is 1.65. The second-order valence-corrected chi connectivity index (χ2v) is 7.53. The van der Waals surface area contributed by atoms with Gasteiger partial charge < -0.3 is 9.47 Å². The normalized spacial score (nSPS) is 26.1. The first-order valence-corrected chi connectivity index (χ1v) is 9.28. The molecule has 0 saturated carbocycles. The molecule has 2 atom stereocenters. The molecule has 1 spiro atoms. The molecule has 2 saturated heterocycles. The van der Waals surface area contributed by atoms with E-state index in [1.54, 1.807) is 0 Å². The van der Waals surface area contributed by atoms with Gasteiger partial charge in [-0.05, 0) is 12.0 Å². The summed E-state index contributed by atoms with van der Waals surface area (Å²) in [6, 6.07) is 10.5. The van der Waals surface area contributed by atoms with Gasteiger partial charge in [-0.25, -0.2) is 4.98 Å².